The van der Waals surface area contributed by atoms with Gasteiger partial charge in [-0.15, -0.1) is 11.3 Å². The van der Waals surface area contributed by atoms with E-state index in [0.717, 1.165) is 31.3 Å². The lowest BCUT2D eigenvalue weighted by molar-refractivity contribution is -0.116. The highest BCUT2D eigenvalue weighted by Gasteiger charge is 2.19. The van der Waals surface area contributed by atoms with E-state index < -0.39 is 5.82 Å². The van der Waals surface area contributed by atoms with E-state index in [2.05, 4.69) is 20.1 Å². The first kappa shape index (κ1) is 17.1. The number of thiazole rings is 1. The van der Waals surface area contributed by atoms with E-state index in [1.165, 1.54) is 12.1 Å². The van der Waals surface area contributed by atoms with Crippen LogP contribution in [0.15, 0.2) is 29.8 Å². The van der Waals surface area contributed by atoms with Gasteiger partial charge in [-0.25, -0.2) is 9.37 Å². The van der Waals surface area contributed by atoms with Crippen LogP contribution >= 0.6 is 22.9 Å². The fraction of sp³-hybridized carbons (Fsp3) is 0.375. The van der Waals surface area contributed by atoms with Crippen molar-refractivity contribution >= 4 is 39.7 Å². The summed E-state index contributed by atoms with van der Waals surface area (Å²) in [4.78, 5) is 20.8. The Morgan fingerprint density at radius 2 is 2.12 bits per heavy atom. The molecule has 0 unspecified atom stereocenters. The Morgan fingerprint density at radius 1 is 1.33 bits per heavy atom. The number of carbonyl (C=O) groups excluding carboxylic acids is 1. The molecule has 1 aromatic carbocycles. The van der Waals surface area contributed by atoms with Crippen molar-refractivity contribution < 1.29 is 9.18 Å². The molecular weight excluding hydrogens is 351 g/mol. The summed E-state index contributed by atoms with van der Waals surface area (Å²) in [5.74, 6) is -0.716. The van der Waals surface area contributed by atoms with E-state index in [4.69, 9.17) is 11.6 Å². The second-order valence-corrected chi connectivity index (χ2v) is 6.88. The van der Waals surface area contributed by atoms with Gasteiger partial charge in [-0.3, -0.25) is 9.69 Å². The van der Waals surface area contributed by atoms with Gasteiger partial charge < -0.3 is 10.2 Å². The maximum absolute atomic E-state index is 13.7. The number of nitrogens with zero attached hydrogens (tertiary/aromatic N) is 3. The van der Waals surface area contributed by atoms with Crippen LogP contribution in [0.5, 0.6) is 0 Å². The molecule has 128 valence electrons. The predicted molar refractivity (Wildman–Crippen MR) is 95.4 cm³/mol. The number of anilines is 2. The third kappa shape index (κ3) is 4.43. The number of hydrogen-bond acceptors (Lipinski definition) is 5. The molecule has 1 aliphatic heterocycles. The number of nitrogens with one attached hydrogen (secondary N) is 1. The molecule has 1 amide bonds. The van der Waals surface area contributed by atoms with E-state index in [0.29, 0.717) is 18.0 Å². The number of carbonyl (C=O) groups is 1. The Kier molecular flexibility index (Phi) is 5.65. The van der Waals surface area contributed by atoms with Crippen LogP contribution in [0, 0.1) is 5.82 Å². The van der Waals surface area contributed by atoms with Crippen molar-refractivity contribution in [1.29, 1.82) is 0 Å². The smallest absolute Gasteiger partial charge is 0.225 e. The summed E-state index contributed by atoms with van der Waals surface area (Å²) in [5.41, 5.74) is 0.165. The van der Waals surface area contributed by atoms with E-state index in [1.54, 1.807) is 17.4 Å². The summed E-state index contributed by atoms with van der Waals surface area (Å²) >= 11 is 7.34. The van der Waals surface area contributed by atoms with Crippen LogP contribution < -0.4 is 10.2 Å². The second-order valence-electron chi connectivity index (χ2n) is 5.57. The van der Waals surface area contributed by atoms with Crippen LogP contribution in [0.2, 0.25) is 5.02 Å². The molecular formula is C16H18ClFN4OS. The van der Waals surface area contributed by atoms with E-state index in [-0.39, 0.29) is 11.6 Å². The molecule has 1 saturated heterocycles. The molecule has 24 heavy (non-hydrogen) atoms. The zero-order chi connectivity index (χ0) is 16.9. The van der Waals surface area contributed by atoms with Crippen LogP contribution in [0.1, 0.15) is 6.42 Å². The first-order valence-corrected chi connectivity index (χ1v) is 8.99. The molecule has 0 aliphatic carbocycles. The minimum atomic E-state index is -0.520. The Bertz CT molecular complexity index is 689. The van der Waals surface area contributed by atoms with Crippen molar-refractivity contribution in [1.82, 2.24) is 9.88 Å². The summed E-state index contributed by atoms with van der Waals surface area (Å²) in [7, 11) is 0. The average Bonchev–Trinajstić information content (AvgIpc) is 3.11. The second kappa shape index (κ2) is 7.92. The Balaban J connectivity index is 1.42. The molecule has 0 saturated carbocycles. The third-order valence-corrected chi connectivity index (χ3v) is 4.99. The largest absolute Gasteiger partial charge is 0.346 e. The molecule has 1 aromatic heterocycles. The van der Waals surface area contributed by atoms with Gasteiger partial charge in [0, 0.05) is 55.7 Å². The van der Waals surface area contributed by atoms with Crippen LogP contribution in [0.3, 0.4) is 0 Å². The molecule has 0 atom stereocenters. The molecule has 0 bridgehead atoms. The minimum absolute atomic E-state index is 0.165. The summed E-state index contributed by atoms with van der Waals surface area (Å²) in [6, 6.07) is 4.22. The van der Waals surface area contributed by atoms with Crippen molar-refractivity contribution in [3.05, 3.63) is 40.6 Å². The van der Waals surface area contributed by atoms with Gasteiger partial charge in [-0.1, -0.05) is 11.6 Å². The van der Waals surface area contributed by atoms with Gasteiger partial charge in [0.05, 0.1) is 5.69 Å². The average molecular weight is 369 g/mol. The number of piperazine rings is 1. The predicted octanol–water partition coefficient (Wildman–Crippen LogP) is 3.09. The zero-order valence-electron chi connectivity index (χ0n) is 13.0. The Labute approximate surface area is 149 Å². The SMILES string of the molecule is O=C(CCN1CCN(c2nccs2)CC1)Nc1ccc(Cl)cc1F. The highest BCUT2D eigenvalue weighted by atomic mass is 35.5. The van der Waals surface area contributed by atoms with Crippen LogP contribution in [0.4, 0.5) is 15.2 Å². The lowest BCUT2D eigenvalue weighted by Crippen LogP contribution is -2.47. The van der Waals surface area contributed by atoms with Crippen molar-refractivity contribution in [2.45, 2.75) is 6.42 Å². The highest BCUT2D eigenvalue weighted by Crippen LogP contribution is 2.20. The summed E-state index contributed by atoms with van der Waals surface area (Å²) < 4.78 is 13.7. The quantitative estimate of drug-likeness (QED) is 0.881. The molecule has 8 heteroatoms. The Morgan fingerprint density at radius 3 is 2.79 bits per heavy atom. The molecule has 1 N–H and O–H groups in total. The monoisotopic (exact) mass is 368 g/mol. The fourth-order valence-corrected chi connectivity index (χ4v) is 3.45. The first-order valence-electron chi connectivity index (χ1n) is 7.73. The van der Waals surface area contributed by atoms with Gasteiger partial charge in [0.1, 0.15) is 5.82 Å². The lowest BCUT2D eigenvalue weighted by atomic mass is 10.2. The lowest BCUT2D eigenvalue weighted by Gasteiger charge is -2.34. The van der Waals surface area contributed by atoms with E-state index in [9.17, 15) is 9.18 Å². The summed E-state index contributed by atoms with van der Waals surface area (Å²) in [6.45, 7) is 4.25. The topological polar surface area (TPSA) is 48.5 Å². The molecule has 1 aliphatic rings. The number of halogens is 2. The normalized spacial score (nSPS) is 15.5. The zero-order valence-corrected chi connectivity index (χ0v) is 14.6. The standard InChI is InChI=1S/C16H18ClFN4OS/c17-12-1-2-14(13(18)11-12)20-15(23)3-5-21-6-8-22(9-7-21)16-19-4-10-24-16/h1-2,4,10-11H,3,5-9H2,(H,20,23). The first-order chi connectivity index (χ1) is 11.6. The molecule has 2 heterocycles. The van der Waals surface area contributed by atoms with Crippen LogP contribution in [0.25, 0.3) is 0 Å². The van der Waals surface area contributed by atoms with Gasteiger partial charge in [-0.2, -0.15) is 0 Å². The van der Waals surface area contributed by atoms with Crippen molar-refractivity contribution in [2.75, 3.05) is 42.9 Å². The minimum Gasteiger partial charge on any atom is -0.346 e. The van der Waals surface area contributed by atoms with Crippen molar-refractivity contribution in [3.63, 3.8) is 0 Å². The number of aromatic nitrogens is 1. The molecule has 1 fully saturated rings. The number of rotatable bonds is 5. The van der Waals surface area contributed by atoms with E-state index >= 15 is 0 Å². The molecule has 2 aromatic rings. The summed E-state index contributed by atoms with van der Waals surface area (Å²) in [5, 5.41) is 5.92. The van der Waals surface area contributed by atoms with Gasteiger partial charge in [0.25, 0.3) is 0 Å². The maximum atomic E-state index is 13.7. The maximum Gasteiger partial charge on any atom is 0.225 e. The van der Waals surface area contributed by atoms with Crippen molar-refractivity contribution in [2.24, 2.45) is 0 Å². The van der Waals surface area contributed by atoms with Crippen LogP contribution in [-0.4, -0.2) is 48.5 Å². The molecule has 5 nitrogen and oxygen atoms in total. The van der Waals surface area contributed by atoms with E-state index in [1.807, 2.05) is 11.6 Å². The third-order valence-electron chi connectivity index (χ3n) is 3.92. The Hall–Kier alpha value is -1.70. The van der Waals surface area contributed by atoms with Crippen LogP contribution in [-0.2, 0) is 4.79 Å². The number of benzene rings is 1. The van der Waals surface area contributed by atoms with Gasteiger partial charge in [0.15, 0.2) is 5.13 Å². The highest BCUT2D eigenvalue weighted by molar-refractivity contribution is 7.13. The van der Waals surface area contributed by atoms with Gasteiger partial charge in [-0.05, 0) is 18.2 Å². The van der Waals surface area contributed by atoms with Crippen molar-refractivity contribution in [3.8, 4) is 0 Å². The number of hydrogen-bond donors (Lipinski definition) is 1. The fourth-order valence-electron chi connectivity index (χ4n) is 2.60. The molecule has 0 spiro atoms. The number of amides is 1. The molecule has 3 rings (SSSR count). The van der Waals surface area contributed by atoms with Gasteiger partial charge in [0.2, 0.25) is 5.91 Å². The van der Waals surface area contributed by atoms with Gasteiger partial charge >= 0.3 is 0 Å². The molecule has 0 radical (unpaired) electrons. The summed E-state index contributed by atoms with van der Waals surface area (Å²) in [6.07, 6.45) is 2.14.